The average Bonchev–Trinajstić information content (AvgIpc) is 3.12. The molecule has 1 saturated heterocycles. The lowest BCUT2D eigenvalue weighted by atomic mass is 9.93. The number of thiophene rings is 1. The van der Waals surface area contributed by atoms with Crippen LogP contribution in [0.25, 0.3) is 10.4 Å². The fourth-order valence-electron chi connectivity index (χ4n) is 3.40. The molecular weight excluding hydrogens is 372 g/mol. The molecule has 1 aromatic carbocycles. The molecule has 1 aromatic heterocycles. The Morgan fingerprint density at radius 1 is 1.26 bits per heavy atom. The number of ether oxygens (including phenoxy) is 1. The Morgan fingerprint density at radius 3 is 2.48 bits per heavy atom. The molecule has 2 aromatic rings. The summed E-state index contributed by atoms with van der Waals surface area (Å²) in [4.78, 5) is 25.2. The zero-order chi connectivity index (χ0) is 19.4. The van der Waals surface area contributed by atoms with Gasteiger partial charge in [-0.15, -0.1) is 11.3 Å². The number of piperidine rings is 1. The van der Waals surface area contributed by atoms with Gasteiger partial charge in [-0.05, 0) is 55.5 Å². The molecule has 0 spiro atoms. The molecular formula is C20H21F2NO3S. The van der Waals surface area contributed by atoms with E-state index in [0.717, 1.165) is 6.29 Å². The predicted octanol–water partition coefficient (Wildman–Crippen LogP) is 4.68. The van der Waals surface area contributed by atoms with E-state index in [1.807, 2.05) is 0 Å². The van der Waals surface area contributed by atoms with Crippen LogP contribution in [0.5, 0.6) is 0 Å². The van der Waals surface area contributed by atoms with Crippen LogP contribution < -0.4 is 4.90 Å². The fourth-order valence-corrected chi connectivity index (χ4v) is 4.21. The van der Waals surface area contributed by atoms with E-state index in [2.05, 4.69) is 0 Å². The third-order valence-electron chi connectivity index (χ3n) is 4.74. The molecule has 0 bridgehead atoms. The second-order valence-corrected chi connectivity index (χ2v) is 7.66. The van der Waals surface area contributed by atoms with E-state index < -0.39 is 11.6 Å². The smallest absolute Gasteiger partial charge is 0.306 e. The molecule has 1 aliphatic heterocycles. The van der Waals surface area contributed by atoms with Crippen LogP contribution in [0.15, 0.2) is 24.3 Å². The molecule has 1 fully saturated rings. The van der Waals surface area contributed by atoms with Crippen LogP contribution in [-0.4, -0.2) is 32.0 Å². The SMILES string of the molecule is CCOC(=O)CC1CCN(c2c(F)cc(-c3ccc(C=O)s3)cc2F)CC1. The zero-order valence-corrected chi connectivity index (χ0v) is 15.9. The lowest BCUT2D eigenvalue weighted by molar-refractivity contribution is -0.144. The number of anilines is 1. The normalized spacial score (nSPS) is 15.0. The van der Waals surface area contributed by atoms with Gasteiger partial charge in [0.25, 0.3) is 0 Å². The summed E-state index contributed by atoms with van der Waals surface area (Å²) in [6.45, 7) is 3.11. The number of hydrogen-bond acceptors (Lipinski definition) is 5. The van der Waals surface area contributed by atoms with E-state index in [9.17, 15) is 18.4 Å². The first kappa shape index (κ1) is 19.5. The molecule has 27 heavy (non-hydrogen) atoms. The molecule has 0 aliphatic carbocycles. The largest absolute Gasteiger partial charge is 0.466 e. The average molecular weight is 393 g/mol. The number of nitrogens with zero attached hydrogens (tertiary/aromatic N) is 1. The first-order valence-corrected chi connectivity index (χ1v) is 9.78. The van der Waals surface area contributed by atoms with Crippen molar-refractivity contribution < 1.29 is 23.1 Å². The molecule has 0 atom stereocenters. The molecule has 2 heterocycles. The molecule has 0 saturated carbocycles. The minimum absolute atomic E-state index is 0.0273. The van der Waals surface area contributed by atoms with Gasteiger partial charge in [-0.3, -0.25) is 9.59 Å². The number of benzene rings is 1. The quantitative estimate of drug-likeness (QED) is 0.528. The van der Waals surface area contributed by atoms with Crippen molar-refractivity contribution in [2.75, 3.05) is 24.6 Å². The topological polar surface area (TPSA) is 46.6 Å². The second-order valence-electron chi connectivity index (χ2n) is 6.55. The molecule has 1 aliphatic rings. The summed E-state index contributed by atoms with van der Waals surface area (Å²) in [7, 11) is 0. The third kappa shape index (κ3) is 4.53. The summed E-state index contributed by atoms with van der Waals surface area (Å²) >= 11 is 1.20. The van der Waals surface area contributed by atoms with E-state index in [1.54, 1.807) is 24.0 Å². The van der Waals surface area contributed by atoms with Crippen LogP contribution in [-0.2, 0) is 9.53 Å². The number of halogens is 2. The highest BCUT2D eigenvalue weighted by Gasteiger charge is 2.26. The summed E-state index contributed by atoms with van der Waals surface area (Å²) in [6, 6.07) is 5.93. The summed E-state index contributed by atoms with van der Waals surface area (Å²) in [5.41, 5.74) is 0.393. The van der Waals surface area contributed by atoms with Crippen LogP contribution in [0.3, 0.4) is 0 Å². The van der Waals surface area contributed by atoms with Crippen molar-refractivity contribution in [2.45, 2.75) is 26.2 Å². The first-order chi connectivity index (χ1) is 13.0. The summed E-state index contributed by atoms with van der Waals surface area (Å²) in [5, 5.41) is 0. The number of carbonyl (C=O) groups is 2. The number of rotatable bonds is 6. The van der Waals surface area contributed by atoms with Gasteiger partial charge in [0.15, 0.2) is 6.29 Å². The molecule has 0 radical (unpaired) electrons. The Morgan fingerprint density at radius 2 is 1.93 bits per heavy atom. The van der Waals surface area contributed by atoms with Gasteiger partial charge in [0.1, 0.15) is 17.3 Å². The van der Waals surface area contributed by atoms with E-state index >= 15 is 0 Å². The molecule has 144 valence electrons. The lowest BCUT2D eigenvalue weighted by Crippen LogP contribution is -2.35. The van der Waals surface area contributed by atoms with Crippen LogP contribution in [0.2, 0.25) is 0 Å². The van der Waals surface area contributed by atoms with E-state index in [-0.39, 0.29) is 17.6 Å². The van der Waals surface area contributed by atoms with Gasteiger partial charge in [-0.2, -0.15) is 0 Å². The van der Waals surface area contributed by atoms with Crippen molar-refractivity contribution in [3.8, 4) is 10.4 Å². The number of hydrogen-bond donors (Lipinski definition) is 0. The maximum atomic E-state index is 14.7. The monoisotopic (exact) mass is 393 g/mol. The van der Waals surface area contributed by atoms with Crippen molar-refractivity contribution >= 4 is 29.3 Å². The van der Waals surface area contributed by atoms with E-state index in [4.69, 9.17) is 4.74 Å². The van der Waals surface area contributed by atoms with Crippen molar-refractivity contribution in [1.82, 2.24) is 0 Å². The lowest BCUT2D eigenvalue weighted by Gasteiger charge is -2.33. The Hall–Kier alpha value is -2.28. The summed E-state index contributed by atoms with van der Waals surface area (Å²) < 4.78 is 34.3. The summed E-state index contributed by atoms with van der Waals surface area (Å²) in [5.74, 6) is -1.27. The predicted molar refractivity (Wildman–Crippen MR) is 101 cm³/mol. The maximum Gasteiger partial charge on any atom is 0.306 e. The molecule has 3 rings (SSSR count). The maximum absolute atomic E-state index is 14.7. The van der Waals surface area contributed by atoms with Gasteiger partial charge in [0, 0.05) is 24.4 Å². The van der Waals surface area contributed by atoms with Crippen molar-refractivity contribution in [3.05, 3.63) is 40.8 Å². The fraction of sp³-hybridized carbons (Fsp3) is 0.400. The number of aldehydes is 1. The first-order valence-electron chi connectivity index (χ1n) is 8.96. The van der Waals surface area contributed by atoms with Crippen LogP contribution in [0.1, 0.15) is 35.9 Å². The highest BCUT2D eigenvalue weighted by atomic mass is 32.1. The Bertz CT molecular complexity index is 805. The molecule has 0 amide bonds. The van der Waals surface area contributed by atoms with Gasteiger partial charge >= 0.3 is 5.97 Å². The van der Waals surface area contributed by atoms with Gasteiger partial charge in [0.05, 0.1) is 11.5 Å². The van der Waals surface area contributed by atoms with E-state index in [0.29, 0.717) is 54.3 Å². The highest BCUT2D eigenvalue weighted by Crippen LogP contribution is 2.35. The van der Waals surface area contributed by atoms with Gasteiger partial charge in [0.2, 0.25) is 0 Å². The molecule has 7 heteroatoms. The van der Waals surface area contributed by atoms with Gasteiger partial charge in [-0.25, -0.2) is 8.78 Å². The Labute approximate surface area is 160 Å². The van der Waals surface area contributed by atoms with Crippen LogP contribution >= 0.6 is 11.3 Å². The van der Waals surface area contributed by atoms with Crippen LogP contribution in [0, 0.1) is 17.6 Å². The standard InChI is InChI=1S/C20H21F2NO3S/c1-2-26-19(25)9-13-5-7-23(8-6-13)20-16(21)10-14(11-17(20)22)18-4-3-15(12-24)27-18/h3-4,10-13H,2,5-9H2,1H3. The van der Waals surface area contributed by atoms with Crippen molar-refractivity contribution in [1.29, 1.82) is 0 Å². The highest BCUT2D eigenvalue weighted by molar-refractivity contribution is 7.17. The zero-order valence-electron chi connectivity index (χ0n) is 15.0. The van der Waals surface area contributed by atoms with Gasteiger partial charge < -0.3 is 9.64 Å². The number of esters is 1. The molecule has 0 N–H and O–H groups in total. The Kier molecular flexibility index (Phi) is 6.21. The van der Waals surface area contributed by atoms with Crippen molar-refractivity contribution in [3.63, 3.8) is 0 Å². The van der Waals surface area contributed by atoms with Gasteiger partial charge in [-0.1, -0.05) is 0 Å². The summed E-state index contributed by atoms with van der Waals surface area (Å²) in [6.07, 6.45) is 2.44. The van der Waals surface area contributed by atoms with Crippen LogP contribution in [0.4, 0.5) is 14.5 Å². The molecule has 0 unspecified atom stereocenters. The molecule has 4 nitrogen and oxygen atoms in total. The minimum Gasteiger partial charge on any atom is -0.466 e. The number of carbonyl (C=O) groups excluding carboxylic acids is 2. The minimum atomic E-state index is -0.616. The van der Waals surface area contributed by atoms with Crippen molar-refractivity contribution in [2.24, 2.45) is 5.92 Å². The Balaban J connectivity index is 1.71. The van der Waals surface area contributed by atoms with E-state index in [1.165, 1.54) is 23.5 Å². The third-order valence-corrected chi connectivity index (χ3v) is 5.80. The second kappa shape index (κ2) is 8.61.